The lowest BCUT2D eigenvalue weighted by atomic mass is 10.1. The molecule has 27 heavy (non-hydrogen) atoms. The number of rotatable bonds is 5. The zero-order chi connectivity index (χ0) is 19.7. The molecule has 0 aliphatic carbocycles. The van der Waals surface area contributed by atoms with Crippen LogP contribution >= 0.6 is 11.8 Å². The van der Waals surface area contributed by atoms with Crippen molar-refractivity contribution in [3.05, 3.63) is 46.8 Å². The van der Waals surface area contributed by atoms with Crippen LogP contribution in [0.5, 0.6) is 0 Å². The van der Waals surface area contributed by atoms with E-state index >= 15 is 0 Å². The van der Waals surface area contributed by atoms with Crippen LogP contribution in [0, 0.1) is 20.8 Å². The maximum Gasteiger partial charge on any atom is 0.253 e. The van der Waals surface area contributed by atoms with Gasteiger partial charge >= 0.3 is 0 Å². The third-order valence-electron chi connectivity index (χ3n) is 4.46. The zero-order valence-electron chi connectivity index (χ0n) is 15.9. The number of nitrogens with one attached hydrogen (secondary N) is 1. The highest BCUT2D eigenvalue weighted by atomic mass is 32.2. The molecule has 0 aliphatic heterocycles. The van der Waals surface area contributed by atoms with Crippen molar-refractivity contribution < 1.29 is 9.59 Å². The first kappa shape index (κ1) is 19.0. The van der Waals surface area contributed by atoms with Crippen LogP contribution < -0.4 is 5.32 Å². The van der Waals surface area contributed by atoms with E-state index in [1.807, 2.05) is 20.8 Å². The van der Waals surface area contributed by atoms with Crippen molar-refractivity contribution in [3.8, 4) is 0 Å². The lowest BCUT2D eigenvalue weighted by Gasteiger charge is -2.12. The Morgan fingerprint density at radius 1 is 1.15 bits per heavy atom. The Labute approximate surface area is 161 Å². The van der Waals surface area contributed by atoms with Crippen molar-refractivity contribution in [2.24, 2.45) is 0 Å². The molecule has 3 rings (SSSR count). The molecule has 1 atom stereocenters. The number of nitrogens with zero attached hydrogens (tertiary/aromatic N) is 4. The minimum Gasteiger partial charge on any atom is -0.324 e. The van der Waals surface area contributed by atoms with E-state index < -0.39 is 5.25 Å². The zero-order valence-corrected chi connectivity index (χ0v) is 16.7. The summed E-state index contributed by atoms with van der Waals surface area (Å²) in [5.74, 6) is 0.206. The molecule has 1 N–H and O–H groups in total. The van der Waals surface area contributed by atoms with Gasteiger partial charge in [-0.3, -0.25) is 9.59 Å². The van der Waals surface area contributed by atoms with Gasteiger partial charge in [0.1, 0.15) is 0 Å². The van der Waals surface area contributed by atoms with Crippen molar-refractivity contribution >= 4 is 34.9 Å². The van der Waals surface area contributed by atoms with Gasteiger partial charge in [0, 0.05) is 17.0 Å². The van der Waals surface area contributed by atoms with E-state index in [9.17, 15) is 9.59 Å². The topological polar surface area (TPSA) is 89.2 Å². The van der Waals surface area contributed by atoms with Crippen LogP contribution in [0.25, 0.3) is 5.78 Å². The third-order valence-corrected chi connectivity index (χ3v) is 5.41. The molecule has 1 unspecified atom stereocenters. The van der Waals surface area contributed by atoms with E-state index in [1.165, 1.54) is 18.7 Å². The summed E-state index contributed by atoms with van der Waals surface area (Å²) < 4.78 is 1.69. The molecule has 2 heterocycles. The summed E-state index contributed by atoms with van der Waals surface area (Å²) in [4.78, 5) is 33.1. The predicted octanol–water partition coefficient (Wildman–Crippen LogP) is 3.37. The Morgan fingerprint density at radius 2 is 1.85 bits per heavy atom. The molecule has 3 aromatic rings. The van der Waals surface area contributed by atoms with Gasteiger partial charge in [0.2, 0.25) is 11.1 Å². The summed E-state index contributed by atoms with van der Waals surface area (Å²) in [6.45, 7) is 9.15. The van der Waals surface area contributed by atoms with E-state index in [0.717, 1.165) is 17.0 Å². The molecule has 140 valence electrons. The van der Waals surface area contributed by atoms with Crippen molar-refractivity contribution in [1.82, 2.24) is 19.6 Å². The molecule has 0 saturated heterocycles. The highest BCUT2D eigenvalue weighted by Crippen LogP contribution is 2.24. The van der Waals surface area contributed by atoms with Crippen LogP contribution in [0.15, 0.2) is 29.4 Å². The van der Waals surface area contributed by atoms with Crippen molar-refractivity contribution in [2.75, 3.05) is 5.32 Å². The average molecular weight is 383 g/mol. The fourth-order valence-electron chi connectivity index (χ4n) is 2.63. The van der Waals surface area contributed by atoms with Gasteiger partial charge in [-0.05, 0) is 52.3 Å². The number of carbonyl (C=O) groups is 2. The van der Waals surface area contributed by atoms with E-state index in [2.05, 4.69) is 20.4 Å². The predicted molar refractivity (Wildman–Crippen MR) is 105 cm³/mol. The molecule has 0 spiro atoms. The number of carbonyl (C=O) groups excluding carboxylic acids is 2. The van der Waals surface area contributed by atoms with Crippen LogP contribution in [0.4, 0.5) is 5.69 Å². The van der Waals surface area contributed by atoms with E-state index in [-0.39, 0.29) is 11.7 Å². The maximum atomic E-state index is 12.6. The Morgan fingerprint density at radius 3 is 2.56 bits per heavy atom. The number of hydrogen-bond acceptors (Lipinski definition) is 6. The van der Waals surface area contributed by atoms with Gasteiger partial charge in [-0.25, -0.2) is 9.50 Å². The summed E-state index contributed by atoms with van der Waals surface area (Å²) in [7, 11) is 0. The second-order valence-electron chi connectivity index (χ2n) is 6.36. The minimum atomic E-state index is -0.440. The quantitative estimate of drug-likeness (QED) is 0.537. The minimum absolute atomic E-state index is 0.0967. The first-order valence-corrected chi connectivity index (χ1v) is 9.44. The van der Waals surface area contributed by atoms with E-state index in [1.54, 1.807) is 35.7 Å². The molecule has 2 aromatic heterocycles. The van der Waals surface area contributed by atoms with Gasteiger partial charge in [0.25, 0.3) is 5.78 Å². The van der Waals surface area contributed by atoms with Crippen molar-refractivity contribution in [2.45, 2.75) is 45.0 Å². The summed E-state index contributed by atoms with van der Waals surface area (Å²) in [6, 6.07) is 6.96. The third kappa shape index (κ3) is 3.85. The number of para-hydroxylation sites is 1. The van der Waals surface area contributed by atoms with Gasteiger partial charge in [0.15, 0.2) is 5.78 Å². The molecule has 7 nitrogen and oxygen atoms in total. The molecule has 1 amide bonds. The van der Waals surface area contributed by atoms with Crippen LogP contribution in [-0.2, 0) is 4.79 Å². The second-order valence-corrected chi connectivity index (χ2v) is 7.67. The smallest absolute Gasteiger partial charge is 0.253 e. The van der Waals surface area contributed by atoms with Crippen LogP contribution in [0.3, 0.4) is 0 Å². The fourth-order valence-corrected chi connectivity index (χ4v) is 3.38. The molecule has 0 bridgehead atoms. The number of aromatic nitrogens is 4. The Balaban J connectivity index is 1.78. The Bertz CT molecular complexity index is 1040. The maximum absolute atomic E-state index is 12.6. The standard InChI is InChI=1S/C19H21N5O2S/c1-10-11(2)20-18-22-19(23-24(18)12(10)3)27-14(5)17(26)21-16-9-7-6-8-15(16)13(4)25/h6-9,14H,1-5H3,(H,21,26). The molecule has 0 saturated carbocycles. The number of benzene rings is 1. The highest BCUT2D eigenvalue weighted by molar-refractivity contribution is 8.00. The molecule has 0 aliphatic rings. The molecule has 8 heteroatoms. The van der Waals surface area contributed by atoms with Crippen LogP contribution in [0.2, 0.25) is 0 Å². The van der Waals surface area contributed by atoms with Crippen LogP contribution in [-0.4, -0.2) is 36.5 Å². The van der Waals surface area contributed by atoms with Crippen molar-refractivity contribution in [1.29, 1.82) is 0 Å². The SMILES string of the molecule is CC(=O)c1ccccc1NC(=O)C(C)Sc1nc2nc(C)c(C)c(C)n2n1. The number of anilines is 1. The Hall–Kier alpha value is -2.74. The molecule has 0 fully saturated rings. The lowest BCUT2D eigenvalue weighted by Crippen LogP contribution is -2.23. The summed E-state index contributed by atoms with van der Waals surface area (Å²) in [5.41, 5.74) is 3.95. The molecule has 0 radical (unpaired) electrons. The molecular weight excluding hydrogens is 362 g/mol. The van der Waals surface area contributed by atoms with Crippen LogP contribution in [0.1, 0.15) is 41.2 Å². The highest BCUT2D eigenvalue weighted by Gasteiger charge is 2.20. The average Bonchev–Trinajstić information content (AvgIpc) is 3.02. The number of ketones is 1. The van der Waals surface area contributed by atoms with E-state index in [4.69, 9.17) is 0 Å². The Kier molecular flexibility index (Phi) is 5.27. The van der Waals surface area contributed by atoms with Gasteiger partial charge in [-0.2, -0.15) is 4.98 Å². The molecular formula is C19H21N5O2S. The number of thioether (sulfide) groups is 1. The van der Waals surface area contributed by atoms with Gasteiger partial charge in [-0.1, -0.05) is 23.9 Å². The summed E-state index contributed by atoms with van der Waals surface area (Å²) in [5, 5.41) is 7.32. The normalized spacial score (nSPS) is 12.2. The van der Waals surface area contributed by atoms with Crippen molar-refractivity contribution in [3.63, 3.8) is 0 Å². The van der Waals surface area contributed by atoms with Gasteiger partial charge in [-0.15, -0.1) is 5.10 Å². The van der Waals surface area contributed by atoms with Gasteiger partial charge < -0.3 is 5.32 Å². The summed E-state index contributed by atoms with van der Waals surface area (Å²) in [6.07, 6.45) is 0. The molecule has 1 aromatic carbocycles. The van der Waals surface area contributed by atoms with Gasteiger partial charge in [0.05, 0.1) is 10.9 Å². The van der Waals surface area contributed by atoms with E-state index in [0.29, 0.717) is 22.2 Å². The first-order valence-electron chi connectivity index (χ1n) is 8.56. The first-order chi connectivity index (χ1) is 12.8. The fraction of sp³-hybridized carbons (Fsp3) is 0.316. The monoisotopic (exact) mass is 383 g/mol. The second kappa shape index (κ2) is 7.48. The largest absolute Gasteiger partial charge is 0.324 e. The number of amides is 1. The number of hydrogen-bond donors (Lipinski definition) is 1. The lowest BCUT2D eigenvalue weighted by molar-refractivity contribution is -0.115. The number of Topliss-reactive ketones (excluding diaryl/α,β-unsaturated/α-hetero) is 1. The number of fused-ring (bicyclic) bond motifs is 1. The number of aryl methyl sites for hydroxylation is 2. The summed E-state index contributed by atoms with van der Waals surface area (Å²) >= 11 is 1.25.